The lowest BCUT2D eigenvalue weighted by Gasteiger charge is -2.31. The third-order valence-electron chi connectivity index (χ3n) is 14.2. The molecule has 0 aliphatic carbocycles. The minimum Gasteiger partial charge on any atom is -0.141 e. The van der Waals surface area contributed by atoms with Crippen LogP contribution in [0.4, 0.5) is 0 Å². The molecular weight excluding hydrogens is 1320 g/mol. The lowest BCUT2D eigenvalue weighted by molar-refractivity contribution is 1.49. The molecule has 7 unspecified atom stereocenters. The fourth-order valence-electron chi connectivity index (χ4n) is 8.63. The van der Waals surface area contributed by atoms with E-state index in [0.717, 1.165) is 0 Å². The highest BCUT2D eigenvalue weighted by atomic mass is 31.2. The molecule has 0 aliphatic heterocycles. The van der Waals surface area contributed by atoms with E-state index >= 15 is 0 Å². The van der Waals surface area contributed by atoms with Gasteiger partial charge in [-0.25, -0.2) is 0 Å². The molecular formula is C77H120B8P10. The smallest absolute Gasteiger partial charge is 0.132 e. The lowest BCUT2D eigenvalue weighted by Crippen LogP contribution is -2.20. The van der Waals surface area contributed by atoms with Gasteiger partial charge in [-0.3, -0.25) is 0 Å². The topological polar surface area (TPSA) is 0 Å². The third-order valence-corrected chi connectivity index (χ3v) is 32.9. The van der Waals surface area contributed by atoms with Gasteiger partial charge in [0.25, 0.3) is 0 Å². The van der Waals surface area contributed by atoms with Crippen molar-refractivity contribution in [1.29, 1.82) is 0 Å². The van der Waals surface area contributed by atoms with Crippen LogP contribution in [-0.4, -0.2) is 170 Å². The molecule has 0 bridgehead atoms. The predicted octanol–water partition coefficient (Wildman–Crippen LogP) is 8.78. The van der Waals surface area contributed by atoms with Crippen molar-refractivity contribution in [3.8, 4) is 0 Å². The monoisotopic (exact) mass is 1440 g/mol. The summed E-state index contributed by atoms with van der Waals surface area (Å²) in [6.07, 6.45) is 11.9. The van der Waals surface area contributed by atoms with Gasteiger partial charge >= 0.3 is 0 Å². The van der Waals surface area contributed by atoms with Gasteiger partial charge in [0.05, 0.1) is 37.0 Å². The SMILES string of the molecule is C[P@](CC[P@@](C)c1ccccc1)c1ccccc1.[BH3-][P+](C)(C)c1ccccc1.[BH3-][P+](C)(CC[P+]([BH3-])(C)c1ccccc1)c1ccccc1.[BH3-][P+](C)(CC[P+]([BH3-])(C)c1ccccc1)c1ccccc1.[BH3-][PH+](C)c1ccccc1.[BH3-][PH+](CC[PH+]([BH3-])c1ccccc1)c1ccccc1. The second kappa shape index (κ2) is 43.6. The Morgan fingerprint density at radius 2 is 0.463 bits per heavy atom. The van der Waals surface area contributed by atoms with E-state index in [9.17, 15) is 0 Å². The van der Waals surface area contributed by atoms with E-state index in [2.05, 4.69) is 363 Å². The summed E-state index contributed by atoms with van der Waals surface area (Å²) in [6.45, 7) is 22.6. The van der Waals surface area contributed by atoms with Crippen molar-refractivity contribution in [1.82, 2.24) is 0 Å². The second-order valence-corrected chi connectivity index (χ2v) is 41.4. The number of hydrogen-bond acceptors (Lipinski definition) is 0. The Labute approximate surface area is 596 Å². The minimum atomic E-state index is -0.694. The molecule has 0 spiro atoms. The van der Waals surface area contributed by atoms with Crippen LogP contribution < -0.4 is 53.0 Å². The van der Waals surface area contributed by atoms with Crippen LogP contribution in [0.1, 0.15) is 0 Å². The van der Waals surface area contributed by atoms with E-state index in [1.807, 2.05) is 0 Å². The Bertz CT molecular complexity index is 3190. The van der Waals surface area contributed by atoms with Crippen LogP contribution in [0.2, 0.25) is 0 Å². The highest BCUT2D eigenvalue weighted by Gasteiger charge is 2.30. The minimum absolute atomic E-state index is 0.0177. The maximum Gasteiger partial charge on any atom is 0.132 e. The van der Waals surface area contributed by atoms with Gasteiger partial charge in [0.15, 0.2) is 0 Å². The fraction of sp³-hybridized carbons (Fsp3) is 0.221. The van der Waals surface area contributed by atoms with E-state index in [1.54, 1.807) is 54.8 Å². The summed E-state index contributed by atoms with van der Waals surface area (Å²) in [7, 11) is 0.525. The Morgan fingerprint density at radius 3 is 0.653 bits per heavy atom. The molecule has 0 saturated heterocycles. The molecule has 0 heterocycles. The summed E-state index contributed by atoms with van der Waals surface area (Å²) in [6, 6.07) is 112. The molecule has 10 aromatic rings. The van der Waals surface area contributed by atoms with Crippen LogP contribution in [0.25, 0.3) is 0 Å². The molecule has 18 heteroatoms. The van der Waals surface area contributed by atoms with E-state index in [-0.39, 0.29) is 39.2 Å². The molecule has 0 radical (unpaired) electrons. The normalized spacial score (nSPS) is 15.0. The zero-order chi connectivity index (χ0) is 69.2. The predicted molar refractivity (Wildman–Crippen MR) is 506 cm³/mol. The van der Waals surface area contributed by atoms with Crippen LogP contribution in [0, 0.1) is 0 Å². The van der Waals surface area contributed by atoms with Crippen molar-refractivity contribution in [3.63, 3.8) is 0 Å². The van der Waals surface area contributed by atoms with Crippen LogP contribution in [0.5, 0.6) is 0 Å². The van der Waals surface area contributed by atoms with Gasteiger partial charge in [0, 0.05) is 89.1 Å². The van der Waals surface area contributed by atoms with Gasteiger partial charge in [-0.2, -0.15) is 0 Å². The maximum atomic E-state index is 2.62. The average Bonchev–Trinajstić information content (AvgIpc) is 0.977. The quantitative estimate of drug-likeness (QED) is 0.0471. The highest BCUT2D eigenvalue weighted by Crippen LogP contribution is 2.57. The van der Waals surface area contributed by atoms with Gasteiger partial charge in [-0.05, 0) is 133 Å². The van der Waals surface area contributed by atoms with E-state index in [0.29, 0.717) is 60.5 Å². The van der Waals surface area contributed by atoms with Crippen LogP contribution in [0.15, 0.2) is 303 Å². The van der Waals surface area contributed by atoms with Crippen molar-refractivity contribution in [3.05, 3.63) is 303 Å². The van der Waals surface area contributed by atoms with Crippen molar-refractivity contribution in [2.24, 2.45) is 0 Å². The Hall–Kier alpha value is -2.98. The molecule has 0 N–H and O–H groups in total. The zero-order valence-electron chi connectivity index (χ0n) is 53.2. The molecule has 502 valence electrons. The molecule has 95 heavy (non-hydrogen) atoms. The van der Waals surface area contributed by atoms with E-state index in [4.69, 9.17) is 0 Å². The number of hydrogen-bond donors (Lipinski definition) is 0. The van der Waals surface area contributed by atoms with E-state index < -0.39 is 35.7 Å². The summed E-state index contributed by atoms with van der Waals surface area (Å²) in [5.74, 6) is 0. The molecule has 0 aliphatic rings. The van der Waals surface area contributed by atoms with Crippen molar-refractivity contribution in [2.75, 3.05) is 109 Å². The van der Waals surface area contributed by atoms with Gasteiger partial charge in [0.2, 0.25) is 0 Å². The van der Waals surface area contributed by atoms with Gasteiger partial charge in [-0.1, -0.05) is 222 Å². The second-order valence-electron chi connectivity index (χ2n) is 21.0. The van der Waals surface area contributed by atoms with Crippen LogP contribution in [0.3, 0.4) is 0 Å². The molecule has 0 amide bonds. The molecule has 0 aromatic heterocycles. The first kappa shape index (κ1) is 82.7. The first-order valence-electron chi connectivity index (χ1n) is 30.1. The fourth-order valence-corrected chi connectivity index (χ4v) is 25.2. The van der Waals surface area contributed by atoms with Crippen LogP contribution in [-0.2, 0) is 0 Å². The van der Waals surface area contributed by atoms with Gasteiger partial charge < -0.3 is 0 Å². The van der Waals surface area contributed by atoms with Crippen LogP contribution >= 0.6 is 74.9 Å². The molecule has 0 saturated carbocycles. The molecule has 0 nitrogen and oxygen atoms in total. The van der Waals surface area contributed by atoms with Gasteiger partial charge in [0.1, 0.15) is 60.5 Å². The summed E-state index contributed by atoms with van der Waals surface area (Å²) in [4.78, 5) is 0. The Kier molecular flexibility index (Phi) is 38.0. The third kappa shape index (κ3) is 31.6. The first-order chi connectivity index (χ1) is 45.3. The van der Waals surface area contributed by atoms with Gasteiger partial charge in [-0.15, -0.1) is 59.1 Å². The maximum absolute atomic E-state index is 2.62. The molecule has 10 aromatic carbocycles. The van der Waals surface area contributed by atoms with E-state index in [1.165, 1.54) is 47.6 Å². The molecule has 0 fully saturated rings. The Morgan fingerprint density at radius 1 is 0.274 bits per heavy atom. The van der Waals surface area contributed by atoms with Crippen molar-refractivity contribution >= 4 is 189 Å². The average molecular weight is 1440 g/mol. The lowest BCUT2D eigenvalue weighted by atomic mass is 10.4. The first-order valence-corrected chi connectivity index (χ1v) is 48.1. The summed E-state index contributed by atoms with van der Waals surface area (Å²) >= 11 is 0. The van der Waals surface area contributed by atoms with Crippen molar-refractivity contribution < 1.29 is 0 Å². The molecule has 9 atom stereocenters. The molecule has 10 rings (SSSR count). The zero-order valence-corrected chi connectivity index (χ0v) is 62.4. The highest BCUT2D eigenvalue weighted by molar-refractivity contribution is 8.06. The van der Waals surface area contributed by atoms with Crippen molar-refractivity contribution in [2.45, 2.75) is 0 Å². The number of rotatable bonds is 22. The summed E-state index contributed by atoms with van der Waals surface area (Å²) < 4.78 is 0. The Balaban J connectivity index is 0.000000211. The summed E-state index contributed by atoms with van der Waals surface area (Å²) in [5.41, 5.74) is 0. The number of benzene rings is 10. The standard InChI is InChI=1S/2C16H26B2P2.C16H20P2.C14H22B2P2.C8H14BP.C7H12BP/c2*1-19(17,15-9-5-3-6-10-15)13-14-20(2,18)16-11-7-4-8-12-16;1-17(15-9-5-3-6-10-15)13-14-18(2)16-11-7-4-8-12-16;15-17(13-7-3-1-4-8-13)11-12-18(16)14-9-5-2-6-10-14;1-10(2,9)8-6-4-3-5-7-8;1-9(8)7-5-3-2-4-6-7/h2*3-12H,13-14H2,1-2,17-18H3;3-12H,13-14H2,1-2H3;1-10,17-18H,11-12H2,15-16H3;3-7H,1-2,9H3;2-6,9H,1,8H3/t;;17-,18-;;;/m..1.../s1. The largest absolute Gasteiger partial charge is 0.141 e. The summed E-state index contributed by atoms with van der Waals surface area (Å²) in [5, 5.41) is 16.5.